The second kappa shape index (κ2) is 4.57. The van der Waals surface area contributed by atoms with Gasteiger partial charge < -0.3 is 10.5 Å². The van der Waals surface area contributed by atoms with Crippen molar-refractivity contribution in [3.8, 4) is 0 Å². The van der Waals surface area contributed by atoms with Gasteiger partial charge >= 0.3 is 6.09 Å². The Morgan fingerprint density at radius 1 is 1.50 bits per heavy atom. The lowest BCUT2D eigenvalue weighted by atomic mass is 10.2. The number of nitrogens with one attached hydrogen (secondary N) is 1. The molecule has 74 valence electrons. The number of thiocarbonyl (C=S) groups is 1. The van der Waals surface area contributed by atoms with Crippen molar-refractivity contribution < 1.29 is 9.53 Å². The minimum Gasteiger partial charge on any atom is -0.453 e. The van der Waals surface area contributed by atoms with E-state index in [0.29, 0.717) is 11.3 Å². The zero-order chi connectivity index (χ0) is 10.6. The van der Waals surface area contributed by atoms with E-state index in [9.17, 15) is 4.79 Å². The molecule has 14 heavy (non-hydrogen) atoms. The summed E-state index contributed by atoms with van der Waals surface area (Å²) in [6.07, 6.45) is -0.547. The quantitative estimate of drug-likeness (QED) is 0.726. The van der Waals surface area contributed by atoms with Crippen molar-refractivity contribution in [2.24, 2.45) is 5.73 Å². The number of ether oxygens (including phenoxy) is 1. The van der Waals surface area contributed by atoms with Gasteiger partial charge in [-0.1, -0.05) is 24.4 Å². The summed E-state index contributed by atoms with van der Waals surface area (Å²) in [5.74, 6) is 0. The summed E-state index contributed by atoms with van der Waals surface area (Å²) in [6.45, 7) is 0. The Balaban J connectivity index is 2.95. The highest BCUT2D eigenvalue weighted by Gasteiger charge is 2.06. The van der Waals surface area contributed by atoms with E-state index in [1.165, 1.54) is 7.11 Å². The highest BCUT2D eigenvalue weighted by Crippen LogP contribution is 2.14. The summed E-state index contributed by atoms with van der Waals surface area (Å²) in [4.78, 5) is 11.2. The van der Waals surface area contributed by atoms with Crippen molar-refractivity contribution in [3.05, 3.63) is 29.8 Å². The molecule has 0 aromatic heterocycles. The number of para-hydroxylation sites is 1. The van der Waals surface area contributed by atoms with Crippen LogP contribution in [0.2, 0.25) is 0 Å². The number of hydrogen-bond acceptors (Lipinski definition) is 3. The molecule has 0 saturated heterocycles. The van der Waals surface area contributed by atoms with Gasteiger partial charge in [-0.05, 0) is 12.1 Å². The van der Waals surface area contributed by atoms with Crippen molar-refractivity contribution in [2.75, 3.05) is 12.4 Å². The Labute approximate surface area is 87.0 Å². The molecule has 0 saturated carbocycles. The maximum Gasteiger partial charge on any atom is 0.411 e. The Bertz CT molecular complexity index is 366. The first kappa shape index (κ1) is 10.5. The molecule has 1 aromatic rings. The molecule has 0 aliphatic rings. The summed E-state index contributed by atoms with van der Waals surface area (Å²) in [6, 6.07) is 6.99. The molecule has 0 unspecified atom stereocenters. The molecule has 0 bridgehead atoms. The fourth-order valence-electron chi connectivity index (χ4n) is 0.968. The lowest BCUT2D eigenvalue weighted by Gasteiger charge is -2.08. The zero-order valence-corrected chi connectivity index (χ0v) is 8.43. The first-order chi connectivity index (χ1) is 6.65. The van der Waals surface area contributed by atoms with Crippen LogP contribution < -0.4 is 11.1 Å². The van der Waals surface area contributed by atoms with Crippen molar-refractivity contribution in [1.29, 1.82) is 0 Å². The van der Waals surface area contributed by atoms with Crippen LogP contribution in [0.4, 0.5) is 10.5 Å². The first-order valence-corrected chi connectivity index (χ1v) is 4.29. The van der Waals surface area contributed by atoms with Gasteiger partial charge in [0.15, 0.2) is 0 Å². The second-order valence-corrected chi connectivity index (χ2v) is 2.97. The molecular formula is C9H10N2O2S. The maximum atomic E-state index is 10.9. The van der Waals surface area contributed by atoms with E-state index >= 15 is 0 Å². The van der Waals surface area contributed by atoms with Crippen LogP contribution >= 0.6 is 12.2 Å². The number of amides is 1. The standard InChI is InChI=1S/C9H10N2O2S/c1-13-9(12)11-7-5-3-2-4-6(7)8(10)14/h2-5H,1H3,(H2,10,14)(H,11,12). The van der Waals surface area contributed by atoms with Gasteiger partial charge in [-0.2, -0.15) is 0 Å². The Kier molecular flexibility index (Phi) is 3.41. The van der Waals surface area contributed by atoms with Crippen molar-refractivity contribution >= 4 is 29.0 Å². The monoisotopic (exact) mass is 210 g/mol. The molecule has 0 aliphatic heterocycles. The molecule has 0 atom stereocenters. The van der Waals surface area contributed by atoms with E-state index in [2.05, 4.69) is 10.1 Å². The average molecular weight is 210 g/mol. The van der Waals surface area contributed by atoms with Crippen LogP contribution in [0.3, 0.4) is 0 Å². The Hall–Kier alpha value is -1.62. The first-order valence-electron chi connectivity index (χ1n) is 3.89. The largest absolute Gasteiger partial charge is 0.453 e. The fraction of sp³-hybridized carbons (Fsp3) is 0.111. The van der Waals surface area contributed by atoms with Gasteiger partial charge in [0, 0.05) is 5.56 Å². The van der Waals surface area contributed by atoms with E-state index in [1.807, 2.05) is 0 Å². The molecule has 0 radical (unpaired) electrons. The lowest BCUT2D eigenvalue weighted by Crippen LogP contribution is -2.17. The molecule has 0 fully saturated rings. The van der Waals surface area contributed by atoms with Gasteiger partial charge in [0.2, 0.25) is 0 Å². The van der Waals surface area contributed by atoms with E-state index in [4.69, 9.17) is 18.0 Å². The minimum atomic E-state index is -0.547. The van der Waals surface area contributed by atoms with Gasteiger partial charge in [0.25, 0.3) is 0 Å². The van der Waals surface area contributed by atoms with Gasteiger partial charge in [-0.15, -0.1) is 0 Å². The van der Waals surface area contributed by atoms with Gasteiger partial charge in [0.05, 0.1) is 12.8 Å². The highest BCUT2D eigenvalue weighted by molar-refractivity contribution is 7.80. The molecule has 5 heteroatoms. The molecule has 1 aromatic carbocycles. The van der Waals surface area contributed by atoms with Crippen molar-refractivity contribution in [3.63, 3.8) is 0 Å². The van der Waals surface area contributed by atoms with Gasteiger partial charge in [0.1, 0.15) is 4.99 Å². The van der Waals surface area contributed by atoms with Crippen LogP contribution in [0.1, 0.15) is 5.56 Å². The van der Waals surface area contributed by atoms with Crippen molar-refractivity contribution in [2.45, 2.75) is 0 Å². The number of rotatable bonds is 2. The number of hydrogen-bond donors (Lipinski definition) is 2. The molecule has 1 amide bonds. The van der Waals surface area contributed by atoms with E-state index in [0.717, 1.165) is 0 Å². The van der Waals surface area contributed by atoms with Crippen LogP contribution in [0.15, 0.2) is 24.3 Å². The fourth-order valence-corrected chi connectivity index (χ4v) is 1.15. The maximum absolute atomic E-state index is 10.9. The highest BCUT2D eigenvalue weighted by atomic mass is 32.1. The van der Waals surface area contributed by atoms with E-state index in [-0.39, 0.29) is 4.99 Å². The smallest absolute Gasteiger partial charge is 0.411 e. The predicted octanol–water partition coefficient (Wildman–Crippen LogP) is 1.50. The summed E-state index contributed by atoms with van der Waals surface area (Å²) in [5.41, 5.74) is 6.64. The summed E-state index contributed by atoms with van der Waals surface area (Å²) in [5, 5.41) is 2.51. The normalized spacial score (nSPS) is 9.21. The Morgan fingerprint density at radius 3 is 2.71 bits per heavy atom. The van der Waals surface area contributed by atoms with Crippen LogP contribution in [0.25, 0.3) is 0 Å². The topological polar surface area (TPSA) is 64.3 Å². The number of carbonyl (C=O) groups excluding carboxylic acids is 1. The molecule has 0 heterocycles. The van der Waals surface area contributed by atoms with Crippen LogP contribution in [-0.2, 0) is 4.74 Å². The van der Waals surface area contributed by atoms with Crippen molar-refractivity contribution in [1.82, 2.24) is 0 Å². The average Bonchev–Trinajstić information content (AvgIpc) is 2.18. The third-order valence-corrected chi connectivity index (χ3v) is 1.83. The molecule has 1 rings (SSSR count). The third kappa shape index (κ3) is 2.43. The summed E-state index contributed by atoms with van der Waals surface area (Å²) >= 11 is 4.82. The molecular weight excluding hydrogens is 200 g/mol. The number of methoxy groups -OCH3 is 1. The summed E-state index contributed by atoms with van der Waals surface area (Å²) < 4.78 is 4.45. The van der Waals surface area contributed by atoms with Crippen LogP contribution in [0, 0.1) is 0 Å². The third-order valence-electron chi connectivity index (χ3n) is 1.61. The zero-order valence-electron chi connectivity index (χ0n) is 7.61. The SMILES string of the molecule is COC(=O)Nc1ccccc1C(N)=S. The van der Waals surface area contributed by atoms with Gasteiger partial charge in [-0.25, -0.2) is 4.79 Å². The predicted molar refractivity (Wildman–Crippen MR) is 58.4 cm³/mol. The van der Waals surface area contributed by atoms with Crippen LogP contribution in [-0.4, -0.2) is 18.2 Å². The van der Waals surface area contributed by atoms with Crippen LogP contribution in [0.5, 0.6) is 0 Å². The molecule has 4 nitrogen and oxygen atoms in total. The molecule has 0 aliphatic carbocycles. The number of anilines is 1. The number of carbonyl (C=O) groups is 1. The molecule has 0 spiro atoms. The van der Waals surface area contributed by atoms with E-state index in [1.54, 1.807) is 24.3 Å². The second-order valence-electron chi connectivity index (χ2n) is 2.53. The van der Waals surface area contributed by atoms with E-state index < -0.39 is 6.09 Å². The Morgan fingerprint density at radius 2 is 2.14 bits per heavy atom. The molecule has 3 N–H and O–H groups in total. The number of benzene rings is 1. The summed E-state index contributed by atoms with van der Waals surface area (Å²) in [7, 11) is 1.29. The van der Waals surface area contributed by atoms with Gasteiger partial charge in [-0.3, -0.25) is 5.32 Å². The lowest BCUT2D eigenvalue weighted by molar-refractivity contribution is 0.187. The number of nitrogens with two attached hydrogens (primary N) is 1. The minimum absolute atomic E-state index is 0.233.